The second-order valence-corrected chi connectivity index (χ2v) is 3.41. The van der Waals surface area contributed by atoms with E-state index >= 15 is 0 Å². The van der Waals surface area contributed by atoms with Crippen molar-refractivity contribution in [1.29, 1.82) is 0 Å². The average Bonchev–Trinajstić information content (AvgIpc) is 2.23. The topological polar surface area (TPSA) is 50.9 Å². The van der Waals surface area contributed by atoms with Gasteiger partial charge in [0, 0.05) is 11.6 Å². The number of aryl methyl sites for hydroxylation is 2. The van der Waals surface area contributed by atoms with Crippen LogP contribution in [0.5, 0.6) is 0 Å². The number of benzene rings is 1. The van der Waals surface area contributed by atoms with Crippen LogP contribution >= 0.6 is 0 Å². The zero-order valence-electron chi connectivity index (χ0n) is 8.33. The van der Waals surface area contributed by atoms with Crippen LogP contribution in [0.2, 0.25) is 0 Å². The summed E-state index contributed by atoms with van der Waals surface area (Å²) in [6.07, 6.45) is 1.77. The average molecular weight is 187 g/mol. The Labute approximate surface area is 82.9 Å². The van der Waals surface area contributed by atoms with Crippen molar-refractivity contribution in [2.45, 2.75) is 13.8 Å². The van der Waals surface area contributed by atoms with Gasteiger partial charge >= 0.3 is 0 Å². The summed E-state index contributed by atoms with van der Waals surface area (Å²) in [6, 6.07) is 6.00. The predicted octanol–water partition coefficient (Wildman–Crippen LogP) is 2.14. The molecule has 3 N–H and O–H groups in total. The minimum Gasteiger partial charge on any atom is -0.323 e. The summed E-state index contributed by atoms with van der Waals surface area (Å²) in [7, 11) is 0. The largest absolute Gasteiger partial charge is 0.323 e. The molecule has 0 amide bonds. The Bertz CT molecular complexity index is 477. The van der Waals surface area contributed by atoms with Crippen molar-refractivity contribution in [1.82, 2.24) is 4.98 Å². The number of rotatable bonds is 1. The lowest BCUT2D eigenvalue weighted by atomic mass is 10.0. The van der Waals surface area contributed by atoms with Crippen molar-refractivity contribution >= 4 is 16.6 Å². The summed E-state index contributed by atoms with van der Waals surface area (Å²) in [5.41, 5.74) is 7.06. The van der Waals surface area contributed by atoms with E-state index in [0.717, 1.165) is 16.6 Å². The summed E-state index contributed by atoms with van der Waals surface area (Å²) in [6.45, 7) is 4.16. The minimum absolute atomic E-state index is 0.915. The molecule has 0 radical (unpaired) electrons. The molecule has 1 aromatic carbocycles. The maximum absolute atomic E-state index is 5.43. The molecular weight excluding hydrogens is 174 g/mol. The first-order valence-electron chi connectivity index (χ1n) is 4.55. The second-order valence-electron chi connectivity index (χ2n) is 3.41. The maximum Gasteiger partial charge on any atom is 0.0754 e. The third-order valence-electron chi connectivity index (χ3n) is 2.59. The summed E-state index contributed by atoms with van der Waals surface area (Å²) in [5, 5.41) is 1.07. The Morgan fingerprint density at radius 1 is 1.21 bits per heavy atom. The third kappa shape index (κ3) is 1.22. The lowest BCUT2D eigenvalue weighted by Crippen LogP contribution is -2.07. The highest BCUT2D eigenvalue weighted by atomic mass is 15.2. The van der Waals surface area contributed by atoms with Gasteiger partial charge in [-0.15, -0.1) is 0 Å². The van der Waals surface area contributed by atoms with Crippen LogP contribution in [-0.2, 0) is 0 Å². The Morgan fingerprint density at radius 3 is 2.71 bits per heavy atom. The molecule has 0 aliphatic carbocycles. The molecule has 0 atom stereocenters. The number of pyridine rings is 1. The Morgan fingerprint density at radius 2 is 2.00 bits per heavy atom. The van der Waals surface area contributed by atoms with Crippen LogP contribution in [0.15, 0.2) is 24.4 Å². The fourth-order valence-corrected chi connectivity index (χ4v) is 1.59. The van der Waals surface area contributed by atoms with Crippen LogP contribution in [-0.4, -0.2) is 4.98 Å². The number of aromatic nitrogens is 1. The van der Waals surface area contributed by atoms with Crippen LogP contribution < -0.4 is 11.3 Å². The van der Waals surface area contributed by atoms with Crippen molar-refractivity contribution in [3.8, 4) is 0 Å². The lowest BCUT2D eigenvalue weighted by molar-refractivity contribution is 1.29. The van der Waals surface area contributed by atoms with E-state index in [1.807, 2.05) is 12.1 Å². The number of hydrogen-bond acceptors (Lipinski definition) is 3. The number of nitrogens with one attached hydrogen (secondary N) is 1. The van der Waals surface area contributed by atoms with E-state index in [-0.39, 0.29) is 0 Å². The number of hydrazine groups is 1. The van der Waals surface area contributed by atoms with Gasteiger partial charge in [-0.2, -0.15) is 0 Å². The van der Waals surface area contributed by atoms with E-state index in [1.165, 1.54) is 11.1 Å². The number of nitrogens with two attached hydrogens (primary N) is 1. The van der Waals surface area contributed by atoms with E-state index < -0.39 is 0 Å². The Hall–Kier alpha value is -1.61. The van der Waals surface area contributed by atoms with Crippen molar-refractivity contribution in [2.75, 3.05) is 5.43 Å². The van der Waals surface area contributed by atoms with Crippen LogP contribution in [0.4, 0.5) is 5.69 Å². The Balaban J connectivity index is 2.86. The molecule has 2 aromatic rings. The van der Waals surface area contributed by atoms with E-state index in [1.54, 1.807) is 6.20 Å². The summed E-state index contributed by atoms with van der Waals surface area (Å²) < 4.78 is 0. The summed E-state index contributed by atoms with van der Waals surface area (Å²) >= 11 is 0. The van der Waals surface area contributed by atoms with Gasteiger partial charge < -0.3 is 5.43 Å². The minimum atomic E-state index is 0.915. The molecule has 3 heteroatoms. The summed E-state index contributed by atoms with van der Waals surface area (Å²) in [4.78, 5) is 4.35. The molecule has 0 saturated carbocycles. The highest BCUT2D eigenvalue weighted by Crippen LogP contribution is 2.24. The summed E-state index contributed by atoms with van der Waals surface area (Å²) in [5.74, 6) is 5.43. The number of hydrogen-bond donors (Lipinski definition) is 2. The molecule has 0 aliphatic heterocycles. The highest BCUT2D eigenvalue weighted by molar-refractivity contribution is 5.93. The lowest BCUT2D eigenvalue weighted by Gasteiger charge is -2.08. The number of nitrogen functional groups attached to an aromatic ring is 1. The van der Waals surface area contributed by atoms with Gasteiger partial charge in [0.05, 0.1) is 11.2 Å². The van der Waals surface area contributed by atoms with E-state index in [4.69, 9.17) is 5.84 Å². The smallest absolute Gasteiger partial charge is 0.0754 e. The molecular formula is C11H13N3. The normalized spacial score (nSPS) is 10.5. The van der Waals surface area contributed by atoms with Crippen molar-refractivity contribution in [3.05, 3.63) is 35.5 Å². The molecule has 3 nitrogen and oxygen atoms in total. The molecule has 1 heterocycles. The van der Waals surface area contributed by atoms with Gasteiger partial charge in [-0.05, 0) is 31.0 Å². The van der Waals surface area contributed by atoms with E-state index in [0.29, 0.717) is 0 Å². The molecule has 1 aromatic heterocycles. The molecule has 14 heavy (non-hydrogen) atoms. The zero-order chi connectivity index (χ0) is 10.1. The van der Waals surface area contributed by atoms with Gasteiger partial charge in [-0.25, -0.2) is 0 Å². The molecule has 2 rings (SSSR count). The molecule has 0 aliphatic rings. The highest BCUT2D eigenvalue weighted by Gasteiger charge is 2.04. The van der Waals surface area contributed by atoms with Crippen molar-refractivity contribution in [3.63, 3.8) is 0 Å². The molecule has 0 unspecified atom stereocenters. The second kappa shape index (κ2) is 3.27. The first-order chi connectivity index (χ1) is 6.74. The first-order valence-corrected chi connectivity index (χ1v) is 4.55. The van der Waals surface area contributed by atoms with Gasteiger partial charge in [0.1, 0.15) is 0 Å². The van der Waals surface area contributed by atoms with Gasteiger partial charge in [0.25, 0.3) is 0 Å². The van der Waals surface area contributed by atoms with Gasteiger partial charge in [0.2, 0.25) is 0 Å². The van der Waals surface area contributed by atoms with Crippen LogP contribution in [0, 0.1) is 13.8 Å². The standard InChI is InChI=1S/C11H13N3/c1-7-3-4-9-10(14-12)5-6-13-11(9)8(7)2/h3-6H,12H2,1-2H3,(H,13,14). The fraction of sp³-hybridized carbons (Fsp3) is 0.182. The predicted molar refractivity (Wildman–Crippen MR) is 59.0 cm³/mol. The van der Waals surface area contributed by atoms with Crippen molar-refractivity contribution < 1.29 is 0 Å². The van der Waals surface area contributed by atoms with Crippen LogP contribution in [0.25, 0.3) is 10.9 Å². The molecule has 0 fully saturated rings. The van der Waals surface area contributed by atoms with Gasteiger partial charge in [0.15, 0.2) is 0 Å². The number of fused-ring (bicyclic) bond motifs is 1. The van der Waals surface area contributed by atoms with E-state index in [9.17, 15) is 0 Å². The Kier molecular flexibility index (Phi) is 2.09. The van der Waals surface area contributed by atoms with Gasteiger partial charge in [-0.3, -0.25) is 10.8 Å². The number of nitrogens with zero attached hydrogens (tertiary/aromatic N) is 1. The van der Waals surface area contributed by atoms with Crippen LogP contribution in [0.1, 0.15) is 11.1 Å². The first kappa shape index (κ1) is 8.97. The monoisotopic (exact) mass is 187 g/mol. The maximum atomic E-state index is 5.43. The van der Waals surface area contributed by atoms with Crippen LogP contribution in [0.3, 0.4) is 0 Å². The fourth-order valence-electron chi connectivity index (χ4n) is 1.59. The zero-order valence-corrected chi connectivity index (χ0v) is 8.33. The molecule has 72 valence electrons. The molecule has 0 spiro atoms. The molecule has 0 bridgehead atoms. The SMILES string of the molecule is Cc1ccc2c(NN)ccnc2c1C. The van der Waals surface area contributed by atoms with Crippen molar-refractivity contribution in [2.24, 2.45) is 5.84 Å². The van der Waals surface area contributed by atoms with E-state index in [2.05, 4.69) is 30.3 Å². The quantitative estimate of drug-likeness (QED) is 0.531. The van der Waals surface area contributed by atoms with Gasteiger partial charge in [-0.1, -0.05) is 12.1 Å². The number of anilines is 1. The molecule has 0 saturated heterocycles. The third-order valence-corrected chi connectivity index (χ3v) is 2.59.